The first-order valence-electron chi connectivity index (χ1n) is 7.36. The zero-order valence-corrected chi connectivity index (χ0v) is 14.7. The van der Waals surface area contributed by atoms with Crippen molar-refractivity contribution in [2.45, 2.75) is 6.92 Å². The second-order valence-electron chi connectivity index (χ2n) is 5.28. The topological polar surface area (TPSA) is 54.9 Å². The second kappa shape index (κ2) is 7.55. The summed E-state index contributed by atoms with van der Waals surface area (Å²) in [6.07, 6.45) is 1.77. The molecular weight excluding hydrogens is 361 g/mol. The van der Waals surface area contributed by atoms with Gasteiger partial charge in [-0.25, -0.2) is 4.39 Å². The predicted octanol–water partition coefficient (Wildman–Crippen LogP) is 4.97. The van der Waals surface area contributed by atoms with Crippen LogP contribution in [0.2, 0.25) is 0 Å². The van der Waals surface area contributed by atoms with E-state index in [0.717, 1.165) is 22.5 Å². The van der Waals surface area contributed by atoms with Crippen molar-refractivity contribution < 1.29 is 9.18 Å². The van der Waals surface area contributed by atoms with Crippen LogP contribution in [-0.2, 0) is 0 Å². The standard InChI is InChI=1S/C18H13ClFN3OS/c1-11-3-2-4-12(9-11)10-15(19)17-22-23-18(25-17)16(24)21-14-7-5-13(20)6-8-14/h2-10H,1H3,(H,21,24)/b15-10+. The number of carbonyl (C=O) groups is 1. The molecule has 3 aromatic rings. The highest BCUT2D eigenvalue weighted by Crippen LogP contribution is 2.26. The number of aryl methyl sites for hydroxylation is 1. The summed E-state index contributed by atoms with van der Waals surface area (Å²) in [6, 6.07) is 13.3. The molecule has 0 aliphatic carbocycles. The largest absolute Gasteiger partial charge is 0.320 e. The molecule has 0 atom stereocenters. The molecule has 0 spiro atoms. The third kappa shape index (κ3) is 4.49. The van der Waals surface area contributed by atoms with Crippen LogP contribution in [0.25, 0.3) is 11.1 Å². The summed E-state index contributed by atoms with van der Waals surface area (Å²) in [4.78, 5) is 12.2. The Morgan fingerprint density at radius 2 is 1.88 bits per heavy atom. The maximum Gasteiger partial charge on any atom is 0.286 e. The summed E-state index contributed by atoms with van der Waals surface area (Å²) >= 11 is 7.37. The second-order valence-corrected chi connectivity index (χ2v) is 6.66. The van der Waals surface area contributed by atoms with Crippen LogP contribution in [0.4, 0.5) is 10.1 Å². The van der Waals surface area contributed by atoms with Crippen molar-refractivity contribution in [3.8, 4) is 0 Å². The molecule has 0 unspecified atom stereocenters. The summed E-state index contributed by atoms with van der Waals surface area (Å²) < 4.78 is 12.9. The normalized spacial score (nSPS) is 11.4. The molecule has 1 heterocycles. The van der Waals surface area contributed by atoms with E-state index in [4.69, 9.17) is 11.6 Å². The molecule has 0 bridgehead atoms. The van der Waals surface area contributed by atoms with Crippen molar-refractivity contribution in [1.82, 2.24) is 10.2 Å². The average molecular weight is 374 g/mol. The Morgan fingerprint density at radius 3 is 2.60 bits per heavy atom. The van der Waals surface area contributed by atoms with E-state index in [-0.39, 0.29) is 10.8 Å². The molecule has 4 nitrogen and oxygen atoms in total. The van der Waals surface area contributed by atoms with E-state index in [1.54, 1.807) is 6.08 Å². The number of anilines is 1. The Bertz CT molecular complexity index is 938. The van der Waals surface area contributed by atoms with Crippen LogP contribution in [0, 0.1) is 12.7 Å². The summed E-state index contributed by atoms with van der Waals surface area (Å²) in [6.45, 7) is 1.99. The Kier molecular flexibility index (Phi) is 5.21. The lowest BCUT2D eigenvalue weighted by molar-refractivity contribution is 0.102. The van der Waals surface area contributed by atoms with Crippen molar-refractivity contribution in [3.63, 3.8) is 0 Å². The molecule has 1 amide bonds. The van der Waals surface area contributed by atoms with Gasteiger partial charge in [-0.15, -0.1) is 10.2 Å². The maximum absolute atomic E-state index is 12.9. The van der Waals surface area contributed by atoms with E-state index >= 15 is 0 Å². The molecular formula is C18H13ClFN3OS. The van der Waals surface area contributed by atoms with Crippen LogP contribution in [0.15, 0.2) is 48.5 Å². The monoisotopic (exact) mass is 373 g/mol. The Balaban J connectivity index is 1.75. The van der Waals surface area contributed by atoms with E-state index in [1.165, 1.54) is 24.3 Å². The minimum Gasteiger partial charge on any atom is -0.320 e. The summed E-state index contributed by atoms with van der Waals surface area (Å²) in [5, 5.41) is 11.5. The smallest absolute Gasteiger partial charge is 0.286 e. The first-order valence-corrected chi connectivity index (χ1v) is 8.55. The van der Waals surface area contributed by atoms with Crippen LogP contribution in [-0.4, -0.2) is 16.1 Å². The van der Waals surface area contributed by atoms with Gasteiger partial charge in [0.25, 0.3) is 5.91 Å². The van der Waals surface area contributed by atoms with Crippen molar-refractivity contribution in [2.24, 2.45) is 0 Å². The molecule has 0 saturated carbocycles. The molecule has 2 aromatic carbocycles. The molecule has 0 aliphatic heterocycles. The molecule has 1 aromatic heterocycles. The number of nitrogens with zero attached hydrogens (tertiary/aromatic N) is 2. The van der Waals surface area contributed by atoms with Gasteiger partial charge in [0.2, 0.25) is 5.01 Å². The molecule has 126 valence electrons. The van der Waals surface area contributed by atoms with E-state index in [1.807, 2.05) is 31.2 Å². The van der Waals surface area contributed by atoms with Crippen molar-refractivity contribution in [2.75, 3.05) is 5.32 Å². The summed E-state index contributed by atoms with van der Waals surface area (Å²) in [5.41, 5.74) is 2.54. The molecule has 0 saturated heterocycles. The van der Waals surface area contributed by atoms with Crippen LogP contribution >= 0.6 is 22.9 Å². The number of carbonyl (C=O) groups excluding carboxylic acids is 1. The Labute approximate surface area is 153 Å². The van der Waals surface area contributed by atoms with Gasteiger partial charge in [0, 0.05) is 5.69 Å². The van der Waals surface area contributed by atoms with E-state index < -0.39 is 5.91 Å². The number of hydrogen-bond acceptors (Lipinski definition) is 4. The molecule has 7 heteroatoms. The Hall–Kier alpha value is -2.57. The fourth-order valence-electron chi connectivity index (χ4n) is 2.10. The molecule has 0 aliphatic rings. The van der Waals surface area contributed by atoms with Crippen molar-refractivity contribution in [1.29, 1.82) is 0 Å². The molecule has 3 rings (SSSR count). The minimum absolute atomic E-state index is 0.176. The highest BCUT2D eigenvalue weighted by atomic mass is 35.5. The SMILES string of the molecule is Cc1cccc(/C=C(/Cl)c2nnc(C(=O)Nc3ccc(F)cc3)s2)c1. The van der Waals surface area contributed by atoms with Gasteiger partial charge in [-0.2, -0.15) is 0 Å². The number of aromatic nitrogens is 2. The van der Waals surface area contributed by atoms with Crippen LogP contribution in [0.5, 0.6) is 0 Å². The average Bonchev–Trinajstić information content (AvgIpc) is 3.07. The van der Waals surface area contributed by atoms with E-state index in [9.17, 15) is 9.18 Å². The fourth-order valence-corrected chi connectivity index (χ4v) is 3.02. The summed E-state index contributed by atoms with van der Waals surface area (Å²) in [5.74, 6) is -0.792. The van der Waals surface area contributed by atoms with Crippen molar-refractivity contribution in [3.05, 3.63) is 75.5 Å². The van der Waals surface area contributed by atoms with Crippen LogP contribution in [0.1, 0.15) is 25.9 Å². The lowest BCUT2D eigenvalue weighted by atomic mass is 10.1. The van der Waals surface area contributed by atoms with Gasteiger partial charge >= 0.3 is 0 Å². The Morgan fingerprint density at radius 1 is 1.16 bits per heavy atom. The quantitative estimate of drug-likeness (QED) is 0.702. The third-order valence-electron chi connectivity index (χ3n) is 3.26. The molecule has 1 N–H and O–H groups in total. The first kappa shape index (κ1) is 17.3. The molecule has 0 fully saturated rings. The number of benzene rings is 2. The minimum atomic E-state index is -0.421. The first-order chi connectivity index (χ1) is 12.0. The van der Waals surface area contributed by atoms with Gasteiger partial charge in [-0.3, -0.25) is 4.79 Å². The molecule has 25 heavy (non-hydrogen) atoms. The van der Waals surface area contributed by atoms with Crippen LogP contribution < -0.4 is 5.32 Å². The van der Waals surface area contributed by atoms with Gasteiger partial charge < -0.3 is 5.32 Å². The van der Waals surface area contributed by atoms with Gasteiger partial charge in [-0.1, -0.05) is 52.8 Å². The van der Waals surface area contributed by atoms with E-state index in [2.05, 4.69) is 15.5 Å². The van der Waals surface area contributed by atoms with Crippen LogP contribution in [0.3, 0.4) is 0 Å². The van der Waals surface area contributed by atoms with Crippen molar-refractivity contribution >= 4 is 45.6 Å². The predicted molar refractivity (Wildman–Crippen MR) is 99.2 cm³/mol. The van der Waals surface area contributed by atoms with Gasteiger partial charge in [0.15, 0.2) is 5.01 Å². The number of nitrogens with one attached hydrogen (secondary N) is 1. The lowest BCUT2D eigenvalue weighted by Crippen LogP contribution is -2.11. The summed E-state index contributed by atoms with van der Waals surface area (Å²) in [7, 11) is 0. The zero-order valence-electron chi connectivity index (χ0n) is 13.2. The highest BCUT2D eigenvalue weighted by molar-refractivity contribution is 7.15. The zero-order chi connectivity index (χ0) is 17.8. The maximum atomic E-state index is 12.9. The number of hydrogen-bond donors (Lipinski definition) is 1. The number of halogens is 2. The lowest BCUT2D eigenvalue weighted by Gasteiger charge is -2.01. The fraction of sp³-hybridized carbons (Fsp3) is 0.0556. The highest BCUT2D eigenvalue weighted by Gasteiger charge is 2.15. The van der Waals surface area contributed by atoms with Gasteiger partial charge in [0.1, 0.15) is 5.82 Å². The van der Waals surface area contributed by atoms with Gasteiger partial charge in [-0.05, 0) is 42.8 Å². The number of rotatable bonds is 4. The molecule has 0 radical (unpaired) electrons. The number of amides is 1. The third-order valence-corrected chi connectivity index (χ3v) is 4.62. The van der Waals surface area contributed by atoms with Gasteiger partial charge in [0.05, 0.1) is 5.03 Å². The van der Waals surface area contributed by atoms with E-state index in [0.29, 0.717) is 15.7 Å².